The number of H-pyrrole nitrogens is 1. The van der Waals surface area contributed by atoms with Gasteiger partial charge in [0.2, 0.25) is 0 Å². The Bertz CT molecular complexity index is 654. The highest BCUT2D eigenvalue weighted by Crippen LogP contribution is 2.26. The average Bonchev–Trinajstić information content (AvgIpc) is 2.93. The lowest BCUT2D eigenvalue weighted by molar-refractivity contribution is -0.00416. The van der Waals surface area contributed by atoms with Crippen molar-refractivity contribution in [2.24, 2.45) is 0 Å². The zero-order valence-electron chi connectivity index (χ0n) is 12.0. The van der Waals surface area contributed by atoms with Crippen LogP contribution in [0.1, 0.15) is 33.4 Å². The lowest BCUT2D eigenvalue weighted by Gasteiger charge is -2.35. The largest absolute Gasteiger partial charge is 0.377 e. The van der Waals surface area contributed by atoms with Crippen molar-refractivity contribution in [1.82, 2.24) is 25.1 Å². The fraction of sp³-hybridized carbons (Fsp3) is 0.429. The first kappa shape index (κ1) is 13.7. The molecule has 2 aromatic rings. The van der Waals surface area contributed by atoms with Gasteiger partial charge in [0.25, 0.3) is 5.91 Å². The third-order valence-electron chi connectivity index (χ3n) is 3.73. The van der Waals surface area contributed by atoms with Gasteiger partial charge in [0.1, 0.15) is 6.33 Å². The van der Waals surface area contributed by atoms with Crippen LogP contribution in [0.25, 0.3) is 0 Å². The molecular formula is C14H17N5O2. The van der Waals surface area contributed by atoms with Crippen molar-refractivity contribution in [3.05, 3.63) is 41.2 Å². The number of nitrogens with zero attached hydrogens (tertiary/aromatic N) is 4. The first-order valence-electron chi connectivity index (χ1n) is 6.83. The summed E-state index contributed by atoms with van der Waals surface area (Å²) in [5.74, 6) is -0.0737. The van der Waals surface area contributed by atoms with Gasteiger partial charge in [-0.15, -0.1) is 0 Å². The Morgan fingerprint density at radius 2 is 2.29 bits per heavy atom. The maximum atomic E-state index is 12.8. The number of hydrogen-bond acceptors (Lipinski definition) is 5. The molecule has 0 aliphatic carbocycles. The summed E-state index contributed by atoms with van der Waals surface area (Å²) in [6.07, 6.45) is 4.77. The van der Waals surface area contributed by atoms with E-state index >= 15 is 0 Å². The Morgan fingerprint density at radius 3 is 3.00 bits per heavy atom. The maximum Gasteiger partial charge on any atom is 0.257 e. The summed E-state index contributed by atoms with van der Waals surface area (Å²) in [5.41, 5.74) is 3.14. The summed E-state index contributed by atoms with van der Waals surface area (Å²) >= 11 is 0. The highest BCUT2D eigenvalue weighted by Gasteiger charge is 2.32. The molecule has 110 valence electrons. The van der Waals surface area contributed by atoms with Crippen molar-refractivity contribution in [3.8, 4) is 0 Å². The molecule has 0 bridgehead atoms. The molecule has 1 atom stereocenters. The van der Waals surface area contributed by atoms with E-state index in [1.54, 1.807) is 17.3 Å². The van der Waals surface area contributed by atoms with E-state index in [-0.39, 0.29) is 11.9 Å². The predicted octanol–water partition coefficient (Wildman–Crippen LogP) is 1.03. The third kappa shape index (κ3) is 2.52. The Balaban J connectivity index is 1.93. The number of aryl methyl sites for hydroxylation is 2. The zero-order chi connectivity index (χ0) is 14.8. The molecule has 1 saturated heterocycles. The van der Waals surface area contributed by atoms with Crippen molar-refractivity contribution in [2.45, 2.75) is 19.9 Å². The lowest BCUT2D eigenvalue weighted by Crippen LogP contribution is -2.44. The van der Waals surface area contributed by atoms with E-state index < -0.39 is 0 Å². The van der Waals surface area contributed by atoms with Gasteiger partial charge in [-0.25, -0.2) is 9.97 Å². The van der Waals surface area contributed by atoms with E-state index in [0.717, 1.165) is 11.3 Å². The molecule has 3 heterocycles. The van der Waals surface area contributed by atoms with Crippen LogP contribution in [0.3, 0.4) is 0 Å². The fourth-order valence-corrected chi connectivity index (χ4v) is 2.54. The first-order valence-corrected chi connectivity index (χ1v) is 6.83. The van der Waals surface area contributed by atoms with Gasteiger partial charge in [-0.3, -0.25) is 9.89 Å². The fourth-order valence-electron chi connectivity index (χ4n) is 2.54. The second-order valence-corrected chi connectivity index (χ2v) is 5.08. The normalized spacial score (nSPS) is 18.8. The molecule has 21 heavy (non-hydrogen) atoms. The number of ether oxygens (including phenoxy) is 1. The minimum absolute atomic E-state index is 0.0737. The Morgan fingerprint density at radius 1 is 1.43 bits per heavy atom. The van der Waals surface area contributed by atoms with Crippen molar-refractivity contribution < 1.29 is 9.53 Å². The summed E-state index contributed by atoms with van der Waals surface area (Å²) in [4.78, 5) is 22.6. The van der Waals surface area contributed by atoms with Crippen molar-refractivity contribution in [1.29, 1.82) is 0 Å². The second-order valence-electron chi connectivity index (χ2n) is 5.08. The highest BCUT2D eigenvalue weighted by atomic mass is 16.5. The average molecular weight is 287 g/mol. The van der Waals surface area contributed by atoms with Gasteiger partial charge in [-0.05, 0) is 19.4 Å². The molecule has 0 spiro atoms. The minimum atomic E-state index is -0.159. The Kier molecular flexibility index (Phi) is 3.66. The number of nitrogens with one attached hydrogen (secondary N) is 1. The monoisotopic (exact) mass is 287 g/mol. The number of morpholine rings is 1. The van der Waals surface area contributed by atoms with Gasteiger partial charge in [0.05, 0.1) is 42.4 Å². The molecule has 3 rings (SSSR count). The van der Waals surface area contributed by atoms with Gasteiger partial charge in [-0.2, -0.15) is 5.10 Å². The number of aromatic nitrogens is 4. The van der Waals surface area contributed by atoms with Crippen LogP contribution in [-0.2, 0) is 4.74 Å². The SMILES string of the molecule is Cc1cn[nH]c1C1COCCN1C(=O)c1cncnc1C. The smallest absolute Gasteiger partial charge is 0.257 e. The van der Waals surface area contributed by atoms with Crippen LogP contribution in [0.5, 0.6) is 0 Å². The molecule has 1 fully saturated rings. The predicted molar refractivity (Wildman–Crippen MR) is 74.7 cm³/mol. The molecule has 0 saturated carbocycles. The topological polar surface area (TPSA) is 84.0 Å². The number of aromatic amines is 1. The molecule has 0 radical (unpaired) electrons. The summed E-state index contributed by atoms with van der Waals surface area (Å²) in [5, 5.41) is 7.01. The van der Waals surface area contributed by atoms with Crippen LogP contribution < -0.4 is 0 Å². The van der Waals surface area contributed by atoms with Gasteiger partial charge < -0.3 is 9.64 Å². The standard InChI is InChI=1S/C14H17N5O2/c1-9-5-17-18-13(9)12-7-21-4-3-19(12)14(20)11-6-15-8-16-10(11)2/h5-6,8,12H,3-4,7H2,1-2H3,(H,17,18). The van der Waals surface area contributed by atoms with E-state index in [0.29, 0.717) is 31.0 Å². The van der Waals surface area contributed by atoms with E-state index in [2.05, 4.69) is 20.2 Å². The Labute approximate surface area is 122 Å². The molecule has 7 heteroatoms. The zero-order valence-corrected chi connectivity index (χ0v) is 12.0. The van der Waals surface area contributed by atoms with Gasteiger partial charge in [0, 0.05) is 12.7 Å². The molecule has 7 nitrogen and oxygen atoms in total. The summed E-state index contributed by atoms with van der Waals surface area (Å²) in [7, 11) is 0. The van der Waals surface area contributed by atoms with E-state index in [1.807, 2.05) is 13.8 Å². The van der Waals surface area contributed by atoms with E-state index in [1.165, 1.54) is 6.33 Å². The molecule has 1 aliphatic rings. The van der Waals surface area contributed by atoms with Gasteiger partial charge in [-0.1, -0.05) is 0 Å². The van der Waals surface area contributed by atoms with Crippen LogP contribution in [0.2, 0.25) is 0 Å². The summed E-state index contributed by atoms with van der Waals surface area (Å²) in [6.45, 7) is 5.30. The van der Waals surface area contributed by atoms with E-state index in [9.17, 15) is 4.79 Å². The molecule has 1 amide bonds. The first-order chi connectivity index (χ1) is 10.2. The van der Waals surface area contributed by atoms with Gasteiger partial charge in [0.15, 0.2) is 0 Å². The molecule has 0 aromatic carbocycles. The highest BCUT2D eigenvalue weighted by molar-refractivity contribution is 5.95. The van der Waals surface area contributed by atoms with Crippen molar-refractivity contribution in [3.63, 3.8) is 0 Å². The summed E-state index contributed by atoms with van der Waals surface area (Å²) in [6, 6.07) is -0.159. The molecule has 1 aliphatic heterocycles. The van der Waals surface area contributed by atoms with Gasteiger partial charge >= 0.3 is 0 Å². The number of carbonyl (C=O) groups excluding carboxylic acids is 1. The van der Waals surface area contributed by atoms with Crippen molar-refractivity contribution >= 4 is 5.91 Å². The lowest BCUT2D eigenvalue weighted by atomic mass is 10.1. The number of hydrogen-bond donors (Lipinski definition) is 1. The third-order valence-corrected chi connectivity index (χ3v) is 3.73. The number of amides is 1. The number of rotatable bonds is 2. The van der Waals surface area contributed by atoms with Crippen LogP contribution in [-0.4, -0.2) is 50.7 Å². The molecular weight excluding hydrogens is 270 g/mol. The Hall–Kier alpha value is -2.28. The molecule has 2 aromatic heterocycles. The van der Waals surface area contributed by atoms with E-state index in [4.69, 9.17) is 4.74 Å². The number of carbonyl (C=O) groups is 1. The van der Waals surface area contributed by atoms with Crippen LogP contribution in [0, 0.1) is 13.8 Å². The van der Waals surface area contributed by atoms with Crippen molar-refractivity contribution in [2.75, 3.05) is 19.8 Å². The maximum absolute atomic E-state index is 12.8. The van der Waals surface area contributed by atoms with Crippen LogP contribution in [0.4, 0.5) is 0 Å². The molecule has 1 N–H and O–H groups in total. The molecule has 1 unspecified atom stereocenters. The second kappa shape index (κ2) is 5.61. The summed E-state index contributed by atoms with van der Waals surface area (Å²) < 4.78 is 5.53. The quantitative estimate of drug-likeness (QED) is 0.892. The minimum Gasteiger partial charge on any atom is -0.377 e. The van der Waals surface area contributed by atoms with Crippen LogP contribution >= 0.6 is 0 Å². The van der Waals surface area contributed by atoms with Crippen LogP contribution in [0.15, 0.2) is 18.7 Å².